The molecule has 2 aromatic rings. The fraction of sp³-hybridized carbons (Fsp3) is 0.0714. The highest BCUT2D eigenvalue weighted by Crippen LogP contribution is 2.21. The smallest absolute Gasteiger partial charge is 0.100 e. The first kappa shape index (κ1) is 12.5. The van der Waals surface area contributed by atoms with Gasteiger partial charge in [-0.3, -0.25) is 0 Å². The van der Waals surface area contributed by atoms with Crippen molar-refractivity contribution in [2.75, 3.05) is 11.1 Å². The van der Waals surface area contributed by atoms with E-state index in [-0.39, 0.29) is 0 Å². The van der Waals surface area contributed by atoms with E-state index in [1.807, 2.05) is 36.4 Å². The Morgan fingerprint density at radius 3 is 2.67 bits per heavy atom. The van der Waals surface area contributed by atoms with Crippen molar-refractivity contribution < 1.29 is 0 Å². The molecule has 0 spiro atoms. The SMILES string of the molecule is N#Cc1ccc(NCc2ccccc2N)cc1Br. The first-order chi connectivity index (χ1) is 8.70. The number of nitrogens with two attached hydrogens (primary N) is 1. The second-order valence-corrected chi connectivity index (χ2v) is 4.71. The molecule has 3 nitrogen and oxygen atoms in total. The molecular weight excluding hydrogens is 290 g/mol. The summed E-state index contributed by atoms with van der Waals surface area (Å²) >= 11 is 3.36. The lowest BCUT2D eigenvalue weighted by molar-refractivity contribution is 1.15. The Morgan fingerprint density at radius 2 is 2.00 bits per heavy atom. The summed E-state index contributed by atoms with van der Waals surface area (Å²) in [5, 5.41) is 12.1. The van der Waals surface area contributed by atoms with Crippen molar-refractivity contribution in [2.24, 2.45) is 0 Å². The third kappa shape index (κ3) is 2.82. The van der Waals surface area contributed by atoms with Gasteiger partial charge in [-0.25, -0.2) is 0 Å². The number of nitrogens with zero attached hydrogens (tertiary/aromatic N) is 1. The zero-order chi connectivity index (χ0) is 13.0. The molecule has 0 fully saturated rings. The van der Waals surface area contributed by atoms with Gasteiger partial charge in [0.2, 0.25) is 0 Å². The minimum atomic E-state index is 0.625. The summed E-state index contributed by atoms with van der Waals surface area (Å²) in [6.45, 7) is 0.658. The molecule has 18 heavy (non-hydrogen) atoms. The average Bonchev–Trinajstić information content (AvgIpc) is 2.38. The molecule has 90 valence electrons. The lowest BCUT2D eigenvalue weighted by Gasteiger charge is -2.09. The van der Waals surface area contributed by atoms with Crippen LogP contribution >= 0.6 is 15.9 Å². The molecule has 0 heterocycles. The van der Waals surface area contributed by atoms with Gasteiger partial charge in [0.1, 0.15) is 6.07 Å². The largest absolute Gasteiger partial charge is 0.398 e. The maximum absolute atomic E-state index is 8.84. The van der Waals surface area contributed by atoms with E-state index in [1.54, 1.807) is 6.07 Å². The summed E-state index contributed by atoms with van der Waals surface area (Å²) in [5.74, 6) is 0. The van der Waals surface area contributed by atoms with E-state index in [4.69, 9.17) is 11.0 Å². The van der Waals surface area contributed by atoms with Crippen molar-refractivity contribution in [2.45, 2.75) is 6.54 Å². The molecule has 0 unspecified atom stereocenters. The second kappa shape index (κ2) is 5.56. The Morgan fingerprint density at radius 1 is 1.22 bits per heavy atom. The molecule has 0 aliphatic heterocycles. The zero-order valence-electron chi connectivity index (χ0n) is 9.65. The molecule has 4 heteroatoms. The lowest BCUT2D eigenvalue weighted by atomic mass is 10.1. The molecule has 0 radical (unpaired) electrons. The Bertz CT molecular complexity index is 602. The van der Waals surface area contributed by atoms with Crippen LogP contribution in [-0.4, -0.2) is 0 Å². The second-order valence-electron chi connectivity index (χ2n) is 3.86. The first-order valence-corrected chi connectivity index (χ1v) is 6.27. The van der Waals surface area contributed by atoms with Crippen LogP contribution in [0.4, 0.5) is 11.4 Å². The number of nitriles is 1. The number of nitrogen functional groups attached to an aromatic ring is 1. The Labute approximate surface area is 114 Å². The quantitative estimate of drug-likeness (QED) is 0.853. The van der Waals surface area contributed by atoms with Gasteiger partial charge in [0.15, 0.2) is 0 Å². The van der Waals surface area contributed by atoms with Gasteiger partial charge in [-0.1, -0.05) is 18.2 Å². The van der Waals surface area contributed by atoms with Crippen LogP contribution in [0, 0.1) is 11.3 Å². The number of anilines is 2. The van der Waals surface area contributed by atoms with E-state index in [1.165, 1.54) is 0 Å². The number of nitrogens with one attached hydrogen (secondary N) is 1. The number of rotatable bonds is 3. The first-order valence-electron chi connectivity index (χ1n) is 5.47. The Balaban J connectivity index is 2.10. The van der Waals surface area contributed by atoms with Crippen LogP contribution in [0.2, 0.25) is 0 Å². The van der Waals surface area contributed by atoms with Crippen molar-refractivity contribution in [3.05, 3.63) is 58.1 Å². The summed E-state index contributed by atoms with van der Waals surface area (Å²) in [6, 6.07) is 15.4. The zero-order valence-corrected chi connectivity index (χ0v) is 11.2. The van der Waals surface area contributed by atoms with Crippen LogP contribution in [-0.2, 0) is 6.54 Å². The monoisotopic (exact) mass is 301 g/mol. The molecule has 0 aliphatic rings. The van der Waals surface area contributed by atoms with Gasteiger partial charge in [0, 0.05) is 22.4 Å². The molecule has 0 saturated carbocycles. The molecule has 3 N–H and O–H groups in total. The molecular formula is C14H12BrN3. The van der Waals surface area contributed by atoms with Gasteiger partial charge in [-0.15, -0.1) is 0 Å². The van der Waals surface area contributed by atoms with Gasteiger partial charge < -0.3 is 11.1 Å². The Kier molecular flexibility index (Phi) is 3.85. The van der Waals surface area contributed by atoms with Gasteiger partial charge in [0.25, 0.3) is 0 Å². The highest BCUT2D eigenvalue weighted by atomic mass is 79.9. The number of para-hydroxylation sites is 1. The van der Waals surface area contributed by atoms with E-state index in [0.717, 1.165) is 21.4 Å². The third-order valence-electron chi connectivity index (χ3n) is 2.63. The number of halogens is 1. The highest BCUT2D eigenvalue weighted by Gasteiger charge is 2.01. The fourth-order valence-electron chi connectivity index (χ4n) is 1.61. The van der Waals surface area contributed by atoms with E-state index < -0.39 is 0 Å². The summed E-state index contributed by atoms with van der Waals surface area (Å²) in [5.41, 5.74) is 9.27. The van der Waals surface area contributed by atoms with Crippen molar-refractivity contribution in [1.29, 1.82) is 5.26 Å². The molecule has 0 aromatic heterocycles. The van der Waals surface area contributed by atoms with Crippen LogP contribution in [0.5, 0.6) is 0 Å². The van der Waals surface area contributed by atoms with Crippen LogP contribution in [0.1, 0.15) is 11.1 Å². The third-order valence-corrected chi connectivity index (χ3v) is 3.28. The molecule has 0 bridgehead atoms. The lowest BCUT2D eigenvalue weighted by Crippen LogP contribution is -2.02. The molecule has 0 atom stereocenters. The standard InChI is InChI=1S/C14H12BrN3/c15-13-7-12(6-5-10(13)8-16)18-9-11-3-1-2-4-14(11)17/h1-7,18H,9,17H2. The van der Waals surface area contributed by atoms with Gasteiger partial charge in [0.05, 0.1) is 5.56 Å². The molecule has 2 aromatic carbocycles. The van der Waals surface area contributed by atoms with Gasteiger partial charge in [-0.2, -0.15) is 5.26 Å². The molecule has 2 rings (SSSR count). The molecule has 0 saturated heterocycles. The number of benzene rings is 2. The topological polar surface area (TPSA) is 61.8 Å². The predicted molar refractivity (Wildman–Crippen MR) is 77.0 cm³/mol. The maximum atomic E-state index is 8.84. The number of hydrogen-bond donors (Lipinski definition) is 2. The van der Waals surface area contributed by atoms with E-state index in [0.29, 0.717) is 12.1 Å². The molecule has 0 aliphatic carbocycles. The van der Waals surface area contributed by atoms with Crippen LogP contribution in [0.3, 0.4) is 0 Å². The highest BCUT2D eigenvalue weighted by molar-refractivity contribution is 9.10. The van der Waals surface area contributed by atoms with E-state index in [9.17, 15) is 0 Å². The normalized spacial score (nSPS) is 9.78. The van der Waals surface area contributed by atoms with Gasteiger partial charge >= 0.3 is 0 Å². The average molecular weight is 302 g/mol. The minimum Gasteiger partial charge on any atom is -0.398 e. The van der Waals surface area contributed by atoms with Crippen molar-refractivity contribution in [3.63, 3.8) is 0 Å². The van der Waals surface area contributed by atoms with E-state index in [2.05, 4.69) is 27.3 Å². The van der Waals surface area contributed by atoms with Crippen LogP contribution in [0.25, 0.3) is 0 Å². The van der Waals surface area contributed by atoms with Crippen LogP contribution < -0.4 is 11.1 Å². The van der Waals surface area contributed by atoms with Crippen molar-refractivity contribution in [3.8, 4) is 6.07 Å². The summed E-state index contributed by atoms with van der Waals surface area (Å²) in [6.07, 6.45) is 0. The Hall–Kier alpha value is -1.99. The maximum Gasteiger partial charge on any atom is 0.100 e. The van der Waals surface area contributed by atoms with Crippen LogP contribution in [0.15, 0.2) is 46.9 Å². The van der Waals surface area contributed by atoms with Crippen molar-refractivity contribution >= 4 is 27.3 Å². The number of hydrogen-bond acceptors (Lipinski definition) is 3. The van der Waals surface area contributed by atoms with Gasteiger partial charge in [-0.05, 0) is 45.8 Å². The molecule has 0 amide bonds. The minimum absolute atomic E-state index is 0.625. The summed E-state index contributed by atoms with van der Waals surface area (Å²) in [4.78, 5) is 0. The predicted octanol–water partition coefficient (Wildman–Crippen LogP) is 3.52. The van der Waals surface area contributed by atoms with E-state index >= 15 is 0 Å². The fourth-order valence-corrected chi connectivity index (χ4v) is 2.08. The summed E-state index contributed by atoms with van der Waals surface area (Å²) < 4.78 is 0.788. The van der Waals surface area contributed by atoms with Crippen molar-refractivity contribution in [1.82, 2.24) is 0 Å². The summed E-state index contributed by atoms with van der Waals surface area (Å²) in [7, 11) is 0.